The van der Waals surface area contributed by atoms with Gasteiger partial charge in [0.1, 0.15) is 12.1 Å². The minimum atomic E-state index is -1.03. The average Bonchev–Trinajstić information content (AvgIpc) is 3.31. The number of carbonyl (C=O) groups is 3. The Morgan fingerprint density at radius 3 is 2.29 bits per heavy atom. The van der Waals surface area contributed by atoms with E-state index in [1.165, 1.54) is 4.90 Å². The van der Waals surface area contributed by atoms with Crippen molar-refractivity contribution in [3.63, 3.8) is 0 Å². The van der Waals surface area contributed by atoms with Crippen molar-refractivity contribution in [2.75, 3.05) is 13.2 Å². The molecule has 1 unspecified atom stereocenters. The van der Waals surface area contributed by atoms with Crippen molar-refractivity contribution in [3.05, 3.63) is 71.8 Å². The summed E-state index contributed by atoms with van der Waals surface area (Å²) in [4.78, 5) is 39.2. The number of nitrogens with zero attached hydrogens (tertiary/aromatic N) is 1. The number of amides is 1. The second-order valence-electron chi connectivity index (χ2n) is 8.86. The molecule has 8 nitrogen and oxygen atoms in total. The average molecular weight is 482 g/mol. The molecule has 0 radical (unpaired) electrons. The third kappa shape index (κ3) is 7.63. The Balaban J connectivity index is 1.62. The molecule has 1 aliphatic rings. The van der Waals surface area contributed by atoms with Crippen LogP contribution < -0.4 is 10.6 Å². The third-order valence-corrected chi connectivity index (χ3v) is 6.26. The van der Waals surface area contributed by atoms with Gasteiger partial charge < -0.3 is 20.1 Å². The van der Waals surface area contributed by atoms with Gasteiger partial charge in [-0.15, -0.1) is 0 Å². The molecule has 1 saturated heterocycles. The van der Waals surface area contributed by atoms with Gasteiger partial charge in [-0.25, -0.2) is 4.79 Å². The summed E-state index contributed by atoms with van der Waals surface area (Å²) in [6.45, 7) is 4.54. The van der Waals surface area contributed by atoms with E-state index in [0.29, 0.717) is 32.4 Å². The molecule has 1 amide bonds. The van der Waals surface area contributed by atoms with E-state index in [1.54, 1.807) is 13.8 Å². The molecule has 1 aliphatic heterocycles. The number of hydrogen-bond donors (Lipinski definition) is 3. The van der Waals surface area contributed by atoms with Crippen molar-refractivity contribution in [3.8, 4) is 0 Å². The van der Waals surface area contributed by atoms with Gasteiger partial charge in [0.25, 0.3) is 0 Å². The summed E-state index contributed by atoms with van der Waals surface area (Å²) in [5, 5.41) is 16.2. The van der Waals surface area contributed by atoms with E-state index in [1.807, 2.05) is 60.7 Å². The van der Waals surface area contributed by atoms with Crippen molar-refractivity contribution in [1.82, 2.24) is 15.5 Å². The molecule has 2 aromatic rings. The molecule has 0 spiro atoms. The summed E-state index contributed by atoms with van der Waals surface area (Å²) in [5.74, 6) is -1.78. The van der Waals surface area contributed by atoms with E-state index in [0.717, 1.165) is 11.1 Å². The van der Waals surface area contributed by atoms with Crippen LogP contribution >= 0.6 is 0 Å². The van der Waals surface area contributed by atoms with Crippen molar-refractivity contribution in [2.45, 2.75) is 63.8 Å². The fourth-order valence-electron chi connectivity index (χ4n) is 4.41. The summed E-state index contributed by atoms with van der Waals surface area (Å²) in [6.07, 6.45) is 1.44. The van der Waals surface area contributed by atoms with Crippen molar-refractivity contribution >= 4 is 17.8 Å². The zero-order valence-corrected chi connectivity index (χ0v) is 20.4. The highest BCUT2D eigenvalue weighted by atomic mass is 16.5. The zero-order chi connectivity index (χ0) is 25.2. The van der Waals surface area contributed by atoms with Gasteiger partial charge in [0, 0.05) is 19.1 Å². The predicted molar refractivity (Wildman–Crippen MR) is 133 cm³/mol. The van der Waals surface area contributed by atoms with Crippen LogP contribution in [0.15, 0.2) is 60.7 Å². The van der Waals surface area contributed by atoms with Crippen LogP contribution in [0, 0.1) is 0 Å². The van der Waals surface area contributed by atoms with Crippen LogP contribution in [0.5, 0.6) is 0 Å². The number of benzene rings is 2. The number of likely N-dealkylation sites (tertiary alicyclic amines) is 1. The molecule has 2 aromatic carbocycles. The maximum atomic E-state index is 13.3. The Morgan fingerprint density at radius 2 is 1.69 bits per heavy atom. The number of hydrogen-bond acceptors (Lipinski definition) is 6. The molecule has 0 saturated carbocycles. The quantitative estimate of drug-likeness (QED) is 0.400. The van der Waals surface area contributed by atoms with Gasteiger partial charge in [0.15, 0.2) is 0 Å². The van der Waals surface area contributed by atoms with Crippen LogP contribution in [0.2, 0.25) is 0 Å². The molecule has 0 aliphatic carbocycles. The fraction of sp³-hybridized carbons (Fsp3) is 0.444. The standard InChI is InChI=1S/C27H35N3O5/c1-3-35-27(34)23(15-14-20-10-6-4-7-11-20)29-19(2)25(31)30-18-22(16-24(30)26(32)33)28-17-21-12-8-5-9-13-21/h4-13,19,22-24,28-29H,3,14-18H2,1-2H3,(H,32,33)/t19-,22?,23-,24-/m0/s1. The van der Waals surface area contributed by atoms with Crippen molar-refractivity contribution in [1.29, 1.82) is 0 Å². The minimum Gasteiger partial charge on any atom is -0.480 e. The summed E-state index contributed by atoms with van der Waals surface area (Å²) in [5.41, 5.74) is 2.18. The van der Waals surface area contributed by atoms with Crippen LogP contribution in [0.1, 0.15) is 37.8 Å². The summed E-state index contributed by atoms with van der Waals surface area (Å²) >= 11 is 0. The summed E-state index contributed by atoms with van der Waals surface area (Å²) in [6, 6.07) is 17.2. The van der Waals surface area contributed by atoms with Gasteiger partial charge in [-0.3, -0.25) is 14.9 Å². The fourth-order valence-corrected chi connectivity index (χ4v) is 4.41. The maximum absolute atomic E-state index is 13.3. The number of carboxylic acids is 1. The lowest BCUT2D eigenvalue weighted by molar-refractivity contribution is -0.150. The highest BCUT2D eigenvalue weighted by Crippen LogP contribution is 2.20. The van der Waals surface area contributed by atoms with E-state index >= 15 is 0 Å². The first kappa shape index (κ1) is 26.4. The summed E-state index contributed by atoms with van der Waals surface area (Å²) < 4.78 is 5.22. The third-order valence-electron chi connectivity index (χ3n) is 6.26. The highest BCUT2D eigenvalue weighted by molar-refractivity contribution is 5.88. The van der Waals surface area contributed by atoms with Gasteiger partial charge >= 0.3 is 11.9 Å². The Morgan fingerprint density at radius 1 is 1.06 bits per heavy atom. The van der Waals surface area contributed by atoms with E-state index in [2.05, 4.69) is 10.6 Å². The Hall–Kier alpha value is -3.23. The lowest BCUT2D eigenvalue weighted by Crippen LogP contribution is -2.53. The van der Waals surface area contributed by atoms with Crippen LogP contribution in [0.25, 0.3) is 0 Å². The molecular weight excluding hydrogens is 446 g/mol. The second-order valence-corrected chi connectivity index (χ2v) is 8.86. The van der Waals surface area contributed by atoms with Crippen molar-refractivity contribution < 1.29 is 24.2 Å². The van der Waals surface area contributed by atoms with Crippen LogP contribution in [0.3, 0.4) is 0 Å². The topological polar surface area (TPSA) is 108 Å². The molecule has 35 heavy (non-hydrogen) atoms. The molecule has 0 bridgehead atoms. The number of rotatable bonds is 12. The molecule has 1 fully saturated rings. The van der Waals surface area contributed by atoms with Crippen LogP contribution in [0.4, 0.5) is 0 Å². The molecule has 4 atom stereocenters. The van der Waals surface area contributed by atoms with Gasteiger partial charge in [-0.1, -0.05) is 60.7 Å². The Labute approximate surface area is 206 Å². The molecule has 0 aromatic heterocycles. The first-order valence-corrected chi connectivity index (χ1v) is 12.2. The highest BCUT2D eigenvalue weighted by Gasteiger charge is 2.41. The molecule has 8 heteroatoms. The molecule has 188 valence electrons. The van der Waals surface area contributed by atoms with Gasteiger partial charge in [0.05, 0.1) is 12.6 Å². The maximum Gasteiger partial charge on any atom is 0.326 e. The number of esters is 1. The summed E-state index contributed by atoms with van der Waals surface area (Å²) in [7, 11) is 0. The van der Waals surface area contributed by atoms with Crippen LogP contribution in [-0.2, 0) is 32.1 Å². The Kier molecular flexibility index (Phi) is 9.81. The van der Waals surface area contributed by atoms with E-state index in [-0.39, 0.29) is 18.6 Å². The number of ether oxygens (including phenoxy) is 1. The van der Waals surface area contributed by atoms with E-state index < -0.39 is 30.1 Å². The van der Waals surface area contributed by atoms with Crippen LogP contribution in [-0.4, -0.2) is 65.2 Å². The smallest absolute Gasteiger partial charge is 0.326 e. The minimum absolute atomic E-state index is 0.133. The number of carbonyl (C=O) groups excluding carboxylic acids is 2. The molecule has 3 N–H and O–H groups in total. The molecule has 3 rings (SSSR count). The zero-order valence-electron chi connectivity index (χ0n) is 20.4. The second kappa shape index (κ2) is 13.0. The Bertz CT molecular complexity index is 969. The lowest BCUT2D eigenvalue weighted by atomic mass is 10.0. The number of aliphatic carboxylic acids is 1. The van der Waals surface area contributed by atoms with Gasteiger partial charge in [0.2, 0.25) is 5.91 Å². The van der Waals surface area contributed by atoms with E-state index in [4.69, 9.17) is 4.74 Å². The van der Waals surface area contributed by atoms with Crippen molar-refractivity contribution in [2.24, 2.45) is 0 Å². The van der Waals surface area contributed by atoms with Gasteiger partial charge in [-0.05, 0) is 44.2 Å². The number of carboxylic acid groups (broad SMARTS) is 1. The molecule has 1 heterocycles. The first-order chi connectivity index (χ1) is 16.9. The first-order valence-electron chi connectivity index (χ1n) is 12.2. The number of aryl methyl sites for hydroxylation is 1. The predicted octanol–water partition coefficient (Wildman–Crippen LogP) is 2.37. The van der Waals surface area contributed by atoms with E-state index in [9.17, 15) is 19.5 Å². The van der Waals surface area contributed by atoms with Gasteiger partial charge in [-0.2, -0.15) is 0 Å². The normalized spacial score (nSPS) is 19.2. The monoisotopic (exact) mass is 481 g/mol. The SMILES string of the molecule is CCOC(=O)[C@H](CCc1ccccc1)N[C@@H](C)C(=O)N1CC(NCc2ccccc2)C[C@H]1C(=O)O. The number of nitrogens with one attached hydrogen (secondary N) is 2. The lowest BCUT2D eigenvalue weighted by Gasteiger charge is -2.28. The molecular formula is C27H35N3O5. The largest absolute Gasteiger partial charge is 0.480 e.